The minimum Gasteiger partial charge on any atom is -0.456 e. The molecule has 0 bridgehead atoms. The monoisotopic (exact) mass is 270 g/mol. The van der Waals surface area contributed by atoms with E-state index in [0.717, 1.165) is 23.6 Å². The van der Waals surface area contributed by atoms with Crippen molar-refractivity contribution in [1.29, 1.82) is 0 Å². The van der Waals surface area contributed by atoms with E-state index in [-0.39, 0.29) is 6.04 Å². The third kappa shape index (κ3) is 3.58. The van der Waals surface area contributed by atoms with E-state index in [1.807, 2.05) is 31.2 Å². The van der Waals surface area contributed by atoms with Gasteiger partial charge in [0, 0.05) is 6.04 Å². The Morgan fingerprint density at radius 2 is 1.70 bits per heavy atom. The molecule has 0 aliphatic heterocycles. The summed E-state index contributed by atoms with van der Waals surface area (Å²) in [5.74, 6) is 2.13. The Balaban J connectivity index is 2.06. The van der Waals surface area contributed by atoms with Crippen LogP contribution in [0.1, 0.15) is 50.4 Å². The summed E-state index contributed by atoms with van der Waals surface area (Å²) < 4.78 is 5.78. The number of nitrogens with two attached hydrogens (primary N) is 1. The summed E-state index contributed by atoms with van der Waals surface area (Å²) in [6.07, 6.45) is 2.85. The number of pyridine rings is 1. The fraction of sp³-hybridized carbons (Fsp3) is 0.353. The maximum atomic E-state index is 5.78. The molecule has 0 aliphatic carbocycles. The molecule has 2 aromatic rings. The second-order valence-corrected chi connectivity index (χ2v) is 5.19. The van der Waals surface area contributed by atoms with Gasteiger partial charge in [0.25, 0.3) is 0 Å². The number of aromatic nitrogens is 1. The van der Waals surface area contributed by atoms with Crippen molar-refractivity contribution in [3.05, 3.63) is 53.9 Å². The zero-order valence-electron chi connectivity index (χ0n) is 12.3. The van der Waals surface area contributed by atoms with Crippen LogP contribution in [-0.2, 0) is 0 Å². The molecule has 1 aromatic carbocycles. The first-order valence-electron chi connectivity index (χ1n) is 7.09. The van der Waals surface area contributed by atoms with E-state index in [2.05, 4.69) is 31.0 Å². The van der Waals surface area contributed by atoms with Gasteiger partial charge in [-0.3, -0.25) is 4.98 Å². The smallest absolute Gasteiger partial charge is 0.145 e. The Morgan fingerprint density at radius 3 is 2.20 bits per heavy atom. The van der Waals surface area contributed by atoms with E-state index >= 15 is 0 Å². The van der Waals surface area contributed by atoms with Crippen molar-refractivity contribution >= 4 is 0 Å². The van der Waals surface area contributed by atoms with Gasteiger partial charge in [0.05, 0.1) is 11.9 Å². The van der Waals surface area contributed by atoms with E-state index in [9.17, 15) is 0 Å². The highest BCUT2D eigenvalue weighted by molar-refractivity contribution is 5.33. The van der Waals surface area contributed by atoms with Gasteiger partial charge in [0.1, 0.15) is 11.5 Å². The molecule has 2 rings (SSSR count). The number of benzene rings is 1. The first-order chi connectivity index (χ1) is 9.60. The molecule has 20 heavy (non-hydrogen) atoms. The Kier molecular flexibility index (Phi) is 4.74. The number of hydrogen-bond acceptors (Lipinski definition) is 3. The minimum absolute atomic E-state index is 0.0566. The van der Waals surface area contributed by atoms with Gasteiger partial charge in [0.2, 0.25) is 0 Å². The molecule has 0 saturated carbocycles. The molecule has 3 nitrogen and oxygen atoms in total. The summed E-state index contributed by atoms with van der Waals surface area (Å²) in [5, 5.41) is 0. The molecule has 1 aromatic heterocycles. The summed E-state index contributed by atoms with van der Waals surface area (Å²) in [7, 11) is 0. The highest BCUT2D eigenvalue weighted by atomic mass is 16.5. The summed E-state index contributed by atoms with van der Waals surface area (Å²) in [4.78, 5) is 4.28. The van der Waals surface area contributed by atoms with Crippen molar-refractivity contribution < 1.29 is 4.74 Å². The molecular weight excluding hydrogens is 248 g/mol. The predicted molar refractivity (Wildman–Crippen MR) is 82.1 cm³/mol. The molecule has 0 radical (unpaired) electrons. The van der Waals surface area contributed by atoms with Gasteiger partial charge in [0.15, 0.2) is 0 Å². The van der Waals surface area contributed by atoms with Crippen LogP contribution in [0.2, 0.25) is 0 Å². The Morgan fingerprint density at radius 1 is 1.05 bits per heavy atom. The van der Waals surface area contributed by atoms with Gasteiger partial charge < -0.3 is 10.5 Å². The lowest BCUT2D eigenvalue weighted by Gasteiger charge is -2.11. The molecule has 0 saturated heterocycles. The first-order valence-corrected chi connectivity index (χ1v) is 7.09. The van der Waals surface area contributed by atoms with E-state index < -0.39 is 0 Å². The molecule has 1 heterocycles. The lowest BCUT2D eigenvalue weighted by molar-refractivity contribution is 0.479. The zero-order valence-corrected chi connectivity index (χ0v) is 12.3. The third-order valence-electron chi connectivity index (χ3n) is 3.52. The lowest BCUT2D eigenvalue weighted by Crippen LogP contribution is -2.06. The van der Waals surface area contributed by atoms with Crippen molar-refractivity contribution in [3.8, 4) is 11.5 Å². The molecular formula is C17H22N2O. The first kappa shape index (κ1) is 14.5. The molecule has 3 heteroatoms. The Hall–Kier alpha value is -1.87. The van der Waals surface area contributed by atoms with Gasteiger partial charge in [-0.15, -0.1) is 0 Å². The zero-order chi connectivity index (χ0) is 14.5. The van der Waals surface area contributed by atoms with Crippen molar-refractivity contribution in [1.82, 2.24) is 4.98 Å². The standard InChI is InChI=1S/C17H22N2O/c1-4-12(2)14-5-7-15(8-6-14)20-16-9-10-17(13(3)18)19-11-16/h5-13H,4,18H2,1-3H3/t12?,13-/m0/s1. The van der Waals surface area contributed by atoms with Crippen LogP contribution in [0.3, 0.4) is 0 Å². The molecule has 2 N–H and O–H groups in total. The molecule has 0 fully saturated rings. The van der Waals surface area contributed by atoms with Gasteiger partial charge in [-0.25, -0.2) is 0 Å². The SMILES string of the molecule is CCC(C)c1ccc(Oc2ccc([C@H](C)N)nc2)cc1. The van der Waals surface area contributed by atoms with Crippen molar-refractivity contribution in [2.45, 2.75) is 39.2 Å². The number of nitrogens with zero attached hydrogens (tertiary/aromatic N) is 1. The summed E-state index contributed by atoms with van der Waals surface area (Å²) in [6, 6.07) is 12.0. The second-order valence-electron chi connectivity index (χ2n) is 5.19. The van der Waals surface area contributed by atoms with E-state index in [4.69, 9.17) is 10.5 Å². The van der Waals surface area contributed by atoms with Crippen LogP contribution in [0, 0.1) is 0 Å². The van der Waals surface area contributed by atoms with Gasteiger partial charge >= 0.3 is 0 Å². The molecule has 106 valence electrons. The third-order valence-corrected chi connectivity index (χ3v) is 3.52. The minimum atomic E-state index is -0.0566. The van der Waals surface area contributed by atoms with Crippen LogP contribution in [0.5, 0.6) is 11.5 Å². The van der Waals surface area contributed by atoms with Crippen LogP contribution in [0.4, 0.5) is 0 Å². The highest BCUT2D eigenvalue weighted by Gasteiger charge is 2.05. The number of hydrogen-bond donors (Lipinski definition) is 1. The number of ether oxygens (including phenoxy) is 1. The molecule has 1 unspecified atom stereocenters. The maximum absolute atomic E-state index is 5.78. The van der Waals surface area contributed by atoms with Crippen molar-refractivity contribution in [2.75, 3.05) is 0 Å². The van der Waals surface area contributed by atoms with E-state index in [0.29, 0.717) is 5.92 Å². The average Bonchev–Trinajstić information content (AvgIpc) is 2.48. The Labute approximate surface area is 120 Å². The van der Waals surface area contributed by atoms with Gasteiger partial charge in [-0.2, -0.15) is 0 Å². The normalized spacial score (nSPS) is 13.8. The van der Waals surface area contributed by atoms with Crippen LogP contribution < -0.4 is 10.5 Å². The molecule has 0 spiro atoms. The highest BCUT2D eigenvalue weighted by Crippen LogP contribution is 2.25. The quantitative estimate of drug-likeness (QED) is 0.875. The van der Waals surface area contributed by atoms with Crippen LogP contribution in [0.15, 0.2) is 42.6 Å². The van der Waals surface area contributed by atoms with Crippen LogP contribution in [0.25, 0.3) is 0 Å². The van der Waals surface area contributed by atoms with Crippen LogP contribution in [-0.4, -0.2) is 4.98 Å². The topological polar surface area (TPSA) is 48.1 Å². The lowest BCUT2D eigenvalue weighted by atomic mass is 9.99. The maximum Gasteiger partial charge on any atom is 0.145 e. The van der Waals surface area contributed by atoms with Crippen molar-refractivity contribution in [3.63, 3.8) is 0 Å². The van der Waals surface area contributed by atoms with E-state index in [1.54, 1.807) is 6.20 Å². The fourth-order valence-electron chi connectivity index (χ4n) is 1.96. The molecule has 0 amide bonds. The fourth-order valence-corrected chi connectivity index (χ4v) is 1.96. The average molecular weight is 270 g/mol. The van der Waals surface area contributed by atoms with Gasteiger partial charge in [-0.05, 0) is 49.1 Å². The predicted octanol–water partition coefficient (Wildman–Crippen LogP) is 4.41. The Bertz CT molecular complexity index is 532. The largest absolute Gasteiger partial charge is 0.456 e. The second kappa shape index (κ2) is 6.53. The summed E-state index contributed by atoms with van der Waals surface area (Å²) >= 11 is 0. The van der Waals surface area contributed by atoms with Crippen molar-refractivity contribution in [2.24, 2.45) is 5.73 Å². The van der Waals surface area contributed by atoms with E-state index in [1.165, 1.54) is 5.56 Å². The van der Waals surface area contributed by atoms with Crippen LogP contribution >= 0.6 is 0 Å². The summed E-state index contributed by atoms with van der Waals surface area (Å²) in [5.41, 5.74) is 7.97. The number of rotatable bonds is 5. The summed E-state index contributed by atoms with van der Waals surface area (Å²) in [6.45, 7) is 6.34. The van der Waals surface area contributed by atoms with Gasteiger partial charge in [-0.1, -0.05) is 26.0 Å². The molecule has 2 atom stereocenters. The molecule has 0 aliphatic rings.